The summed E-state index contributed by atoms with van der Waals surface area (Å²) in [7, 11) is -2.21. The number of hydrogen-bond donors (Lipinski definition) is 1. The third-order valence-electron chi connectivity index (χ3n) is 4.09. The van der Waals surface area contributed by atoms with E-state index in [2.05, 4.69) is 5.32 Å². The maximum absolute atomic E-state index is 12.8. The van der Waals surface area contributed by atoms with Crippen LogP contribution in [0.3, 0.4) is 0 Å². The molecule has 1 aliphatic heterocycles. The molecule has 0 amide bonds. The van der Waals surface area contributed by atoms with E-state index in [4.69, 9.17) is 4.74 Å². The van der Waals surface area contributed by atoms with E-state index >= 15 is 0 Å². The third kappa shape index (κ3) is 4.10. The van der Waals surface area contributed by atoms with Gasteiger partial charge in [0.15, 0.2) is 0 Å². The van der Waals surface area contributed by atoms with Gasteiger partial charge in [-0.05, 0) is 36.6 Å². The van der Waals surface area contributed by atoms with Crippen molar-refractivity contribution >= 4 is 16.0 Å². The average Bonchev–Trinajstić information content (AvgIpc) is 2.54. The topological polar surface area (TPSA) is 75.7 Å². The molecular formula is C16H24N2O4S. The maximum Gasteiger partial charge on any atom is 0.309 e. The number of methoxy groups -OCH3 is 1. The zero-order chi connectivity index (χ0) is 17.0. The van der Waals surface area contributed by atoms with Crippen LogP contribution in [0.2, 0.25) is 0 Å². The minimum absolute atomic E-state index is 0.0843. The molecule has 1 fully saturated rings. The van der Waals surface area contributed by atoms with Gasteiger partial charge in [-0.2, -0.15) is 4.31 Å². The molecule has 1 aromatic carbocycles. The van der Waals surface area contributed by atoms with Crippen LogP contribution in [0.4, 0.5) is 0 Å². The van der Waals surface area contributed by atoms with Crippen molar-refractivity contribution in [3.05, 3.63) is 29.3 Å². The molecule has 23 heavy (non-hydrogen) atoms. The molecule has 1 unspecified atom stereocenters. The Morgan fingerprint density at radius 2 is 2.13 bits per heavy atom. The SMILES string of the molecule is CCc1ccc(S(=O)(=O)N2CCNC(C)C2)cc1CC(=O)OC. The van der Waals surface area contributed by atoms with Crippen molar-refractivity contribution in [2.45, 2.75) is 37.6 Å². The van der Waals surface area contributed by atoms with Crippen LogP contribution in [0.15, 0.2) is 23.1 Å². The number of sulfonamides is 1. The Morgan fingerprint density at radius 3 is 2.74 bits per heavy atom. The fourth-order valence-electron chi connectivity index (χ4n) is 2.76. The van der Waals surface area contributed by atoms with Crippen molar-refractivity contribution in [2.75, 3.05) is 26.7 Å². The van der Waals surface area contributed by atoms with Crippen molar-refractivity contribution in [1.29, 1.82) is 0 Å². The molecule has 1 aromatic rings. The smallest absolute Gasteiger partial charge is 0.309 e. The number of aryl methyl sites for hydroxylation is 1. The van der Waals surface area contributed by atoms with Crippen LogP contribution in [0.25, 0.3) is 0 Å². The first-order valence-corrected chi connectivity index (χ1v) is 9.24. The highest BCUT2D eigenvalue weighted by atomic mass is 32.2. The zero-order valence-electron chi connectivity index (χ0n) is 13.8. The first kappa shape index (κ1) is 17.9. The molecule has 0 spiro atoms. The zero-order valence-corrected chi connectivity index (χ0v) is 14.6. The van der Waals surface area contributed by atoms with Gasteiger partial charge in [0.2, 0.25) is 10.0 Å². The van der Waals surface area contributed by atoms with E-state index < -0.39 is 10.0 Å². The van der Waals surface area contributed by atoms with Crippen molar-refractivity contribution in [3.8, 4) is 0 Å². The molecule has 0 aromatic heterocycles. The number of hydrogen-bond acceptors (Lipinski definition) is 5. The number of carbonyl (C=O) groups is 1. The van der Waals surface area contributed by atoms with Gasteiger partial charge in [-0.25, -0.2) is 8.42 Å². The lowest BCUT2D eigenvalue weighted by Crippen LogP contribution is -2.51. The summed E-state index contributed by atoms with van der Waals surface area (Å²) in [5.74, 6) is -0.370. The van der Waals surface area contributed by atoms with Gasteiger partial charge < -0.3 is 10.1 Å². The molecule has 7 heteroatoms. The lowest BCUT2D eigenvalue weighted by molar-refractivity contribution is -0.139. The second kappa shape index (κ2) is 7.42. The Kier molecular flexibility index (Phi) is 5.78. The molecule has 1 aliphatic rings. The van der Waals surface area contributed by atoms with E-state index in [1.807, 2.05) is 13.8 Å². The first-order valence-electron chi connectivity index (χ1n) is 7.80. The molecule has 1 saturated heterocycles. The standard InChI is InChI=1S/C16H24N2O4S/c1-4-13-5-6-15(9-14(13)10-16(19)22-3)23(20,21)18-8-7-17-12(2)11-18/h5-6,9,12,17H,4,7-8,10-11H2,1-3H3. The molecule has 0 radical (unpaired) electrons. The third-order valence-corrected chi connectivity index (χ3v) is 5.95. The second-order valence-electron chi connectivity index (χ2n) is 5.76. The molecule has 0 aliphatic carbocycles. The molecular weight excluding hydrogens is 316 g/mol. The van der Waals surface area contributed by atoms with Crippen molar-refractivity contribution < 1.29 is 17.9 Å². The summed E-state index contributed by atoms with van der Waals surface area (Å²) in [5, 5.41) is 3.23. The van der Waals surface area contributed by atoms with Gasteiger partial charge in [0.05, 0.1) is 18.4 Å². The lowest BCUT2D eigenvalue weighted by atomic mass is 10.0. The molecule has 2 rings (SSSR count). The Morgan fingerprint density at radius 1 is 1.39 bits per heavy atom. The largest absolute Gasteiger partial charge is 0.469 e. The number of ether oxygens (including phenoxy) is 1. The number of carbonyl (C=O) groups excluding carboxylic acids is 1. The van der Waals surface area contributed by atoms with Crippen molar-refractivity contribution in [3.63, 3.8) is 0 Å². The summed E-state index contributed by atoms with van der Waals surface area (Å²) in [6.07, 6.45) is 0.818. The predicted octanol–water partition coefficient (Wildman–Crippen LogP) is 0.947. The van der Waals surface area contributed by atoms with E-state index in [0.29, 0.717) is 25.2 Å². The highest BCUT2D eigenvalue weighted by molar-refractivity contribution is 7.89. The normalized spacial score (nSPS) is 19.5. The van der Waals surface area contributed by atoms with Gasteiger partial charge >= 0.3 is 5.97 Å². The van der Waals surface area contributed by atoms with Crippen LogP contribution < -0.4 is 5.32 Å². The lowest BCUT2D eigenvalue weighted by Gasteiger charge is -2.31. The van der Waals surface area contributed by atoms with Gasteiger partial charge in [0.1, 0.15) is 0 Å². The number of rotatable bonds is 5. The Hall–Kier alpha value is -1.44. The molecule has 0 bridgehead atoms. The minimum atomic E-state index is -3.54. The number of benzene rings is 1. The van der Waals surface area contributed by atoms with E-state index in [-0.39, 0.29) is 23.3 Å². The number of nitrogens with zero attached hydrogens (tertiary/aromatic N) is 1. The Bertz CT molecular complexity index is 673. The number of nitrogens with one attached hydrogen (secondary N) is 1. The molecule has 1 N–H and O–H groups in total. The summed E-state index contributed by atoms with van der Waals surface area (Å²) in [6, 6.07) is 5.15. The van der Waals surface area contributed by atoms with Gasteiger partial charge in [-0.3, -0.25) is 4.79 Å². The van der Waals surface area contributed by atoms with E-state index in [0.717, 1.165) is 12.0 Å². The van der Waals surface area contributed by atoms with Crippen LogP contribution in [0.5, 0.6) is 0 Å². The monoisotopic (exact) mass is 340 g/mol. The summed E-state index contributed by atoms with van der Waals surface area (Å²) in [6.45, 7) is 5.48. The fraction of sp³-hybridized carbons (Fsp3) is 0.562. The van der Waals surface area contributed by atoms with E-state index in [1.54, 1.807) is 18.2 Å². The highest BCUT2D eigenvalue weighted by Crippen LogP contribution is 2.22. The van der Waals surface area contributed by atoms with Crippen LogP contribution >= 0.6 is 0 Å². The second-order valence-corrected chi connectivity index (χ2v) is 7.69. The molecule has 0 saturated carbocycles. The summed E-state index contributed by atoms with van der Waals surface area (Å²) in [4.78, 5) is 11.8. The molecule has 1 atom stereocenters. The molecule has 128 valence electrons. The van der Waals surface area contributed by atoms with Gasteiger partial charge in [0, 0.05) is 25.7 Å². The van der Waals surface area contributed by atoms with Gasteiger partial charge in [-0.1, -0.05) is 13.0 Å². The maximum atomic E-state index is 12.8. The fourth-order valence-corrected chi connectivity index (χ4v) is 4.35. The minimum Gasteiger partial charge on any atom is -0.469 e. The molecule has 1 heterocycles. The van der Waals surface area contributed by atoms with Crippen molar-refractivity contribution in [1.82, 2.24) is 9.62 Å². The van der Waals surface area contributed by atoms with Crippen molar-refractivity contribution in [2.24, 2.45) is 0 Å². The quantitative estimate of drug-likeness (QED) is 0.808. The van der Waals surface area contributed by atoms with E-state index in [1.165, 1.54) is 11.4 Å². The van der Waals surface area contributed by atoms with E-state index in [9.17, 15) is 13.2 Å². The van der Waals surface area contributed by atoms with Crippen LogP contribution in [0.1, 0.15) is 25.0 Å². The molecule has 6 nitrogen and oxygen atoms in total. The van der Waals surface area contributed by atoms with Crippen LogP contribution in [0, 0.1) is 0 Å². The highest BCUT2D eigenvalue weighted by Gasteiger charge is 2.29. The Labute approximate surface area is 137 Å². The predicted molar refractivity (Wildman–Crippen MR) is 87.8 cm³/mol. The summed E-state index contributed by atoms with van der Waals surface area (Å²) < 4.78 is 31.8. The first-order chi connectivity index (χ1) is 10.9. The van der Waals surface area contributed by atoms with Gasteiger partial charge in [0.25, 0.3) is 0 Å². The van der Waals surface area contributed by atoms with Gasteiger partial charge in [-0.15, -0.1) is 0 Å². The average molecular weight is 340 g/mol. The Balaban J connectivity index is 2.34. The van der Waals surface area contributed by atoms with Crippen LogP contribution in [-0.2, 0) is 32.4 Å². The number of piperazine rings is 1. The summed E-state index contributed by atoms with van der Waals surface area (Å²) >= 11 is 0. The number of esters is 1. The summed E-state index contributed by atoms with van der Waals surface area (Å²) in [5.41, 5.74) is 1.67. The van der Waals surface area contributed by atoms with Crippen LogP contribution in [-0.4, -0.2) is 51.5 Å².